The van der Waals surface area contributed by atoms with Gasteiger partial charge in [-0.2, -0.15) is 0 Å². The van der Waals surface area contributed by atoms with E-state index in [2.05, 4.69) is 20.8 Å². The van der Waals surface area contributed by atoms with Crippen LogP contribution in [0.3, 0.4) is 0 Å². The maximum atomic E-state index is 12.0. The molecule has 1 aliphatic heterocycles. The molecule has 0 aromatic carbocycles. The number of carbonyl (C=O) groups excluding carboxylic acids is 1. The smallest absolute Gasteiger partial charge is 0.233 e. The molecular weight excluding hydrogens is 274 g/mol. The molecule has 0 bridgehead atoms. The fourth-order valence-corrected chi connectivity index (χ4v) is 4.08. The summed E-state index contributed by atoms with van der Waals surface area (Å²) in [6.45, 7) is 0.795. The van der Waals surface area contributed by atoms with Crippen molar-refractivity contribution in [3.8, 4) is 0 Å². The minimum atomic E-state index is -0.0501. The molecule has 0 spiro atoms. The molecule has 1 saturated heterocycles. The van der Waals surface area contributed by atoms with Gasteiger partial charge in [-0.15, -0.1) is 5.10 Å². The van der Waals surface area contributed by atoms with Gasteiger partial charge in [-0.3, -0.25) is 4.79 Å². The van der Waals surface area contributed by atoms with Crippen molar-refractivity contribution in [1.29, 1.82) is 0 Å². The van der Waals surface area contributed by atoms with E-state index in [0.29, 0.717) is 6.04 Å². The van der Waals surface area contributed by atoms with Crippen LogP contribution in [0.25, 0.3) is 0 Å². The van der Waals surface area contributed by atoms with Gasteiger partial charge in [0.15, 0.2) is 0 Å². The minimum Gasteiger partial charge on any atom is -0.355 e. The Hall–Kier alpha value is -1.11. The Morgan fingerprint density at radius 3 is 2.75 bits per heavy atom. The first-order valence-corrected chi connectivity index (χ1v) is 8.45. The summed E-state index contributed by atoms with van der Waals surface area (Å²) in [5.41, 5.74) is 0. The standard InChI is InChI=1S/C13H21N5OS/c19-12-11(8-4-5-9-14-12)20-13-15-16-17-18(13)10-6-2-1-3-7-10/h10-11H,1-9H2,(H,14,19)/t11-/m1/s1. The van der Waals surface area contributed by atoms with Crippen LogP contribution in [0.1, 0.15) is 57.4 Å². The highest BCUT2D eigenvalue weighted by atomic mass is 32.2. The van der Waals surface area contributed by atoms with E-state index >= 15 is 0 Å². The lowest BCUT2D eigenvalue weighted by Gasteiger charge is -2.22. The zero-order valence-corrected chi connectivity index (χ0v) is 12.4. The van der Waals surface area contributed by atoms with Crippen LogP contribution in [0.2, 0.25) is 0 Å². The van der Waals surface area contributed by atoms with Crippen LogP contribution >= 0.6 is 11.8 Å². The van der Waals surface area contributed by atoms with Gasteiger partial charge in [0.05, 0.1) is 11.3 Å². The summed E-state index contributed by atoms with van der Waals surface area (Å²) < 4.78 is 1.95. The topological polar surface area (TPSA) is 72.7 Å². The van der Waals surface area contributed by atoms with Gasteiger partial charge in [-0.05, 0) is 36.1 Å². The van der Waals surface area contributed by atoms with Crippen LogP contribution < -0.4 is 5.32 Å². The van der Waals surface area contributed by atoms with Crippen LogP contribution in [-0.2, 0) is 4.79 Å². The van der Waals surface area contributed by atoms with E-state index < -0.39 is 0 Å². The third-order valence-electron chi connectivity index (χ3n) is 4.12. The fourth-order valence-electron chi connectivity index (χ4n) is 2.97. The van der Waals surface area contributed by atoms with Crippen molar-refractivity contribution in [2.24, 2.45) is 0 Å². The van der Waals surface area contributed by atoms with Gasteiger partial charge >= 0.3 is 0 Å². The molecular formula is C13H21N5OS. The fraction of sp³-hybridized carbons (Fsp3) is 0.846. The summed E-state index contributed by atoms with van der Waals surface area (Å²) in [6, 6.07) is 0.412. The average molecular weight is 295 g/mol. The van der Waals surface area contributed by atoms with Crippen LogP contribution in [-0.4, -0.2) is 37.9 Å². The molecule has 1 aromatic heterocycles. The first kappa shape index (κ1) is 13.9. The Labute approximate surface area is 123 Å². The second kappa shape index (κ2) is 6.56. The Kier molecular flexibility index (Phi) is 4.54. The van der Waals surface area contributed by atoms with Crippen molar-refractivity contribution < 1.29 is 4.79 Å². The lowest BCUT2D eigenvalue weighted by Crippen LogP contribution is -2.31. The van der Waals surface area contributed by atoms with Gasteiger partial charge in [-0.1, -0.05) is 37.4 Å². The minimum absolute atomic E-state index is 0.0501. The van der Waals surface area contributed by atoms with Gasteiger partial charge in [0, 0.05) is 6.54 Å². The van der Waals surface area contributed by atoms with Crippen LogP contribution in [0.5, 0.6) is 0 Å². The number of nitrogens with zero attached hydrogens (tertiary/aromatic N) is 4. The maximum absolute atomic E-state index is 12.0. The molecule has 0 unspecified atom stereocenters. The Morgan fingerprint density at radius 2 is 1.90 bits per heavy atom. The number of rotatable bonds is 3. The molecule has 1 N–H and O–H groups in total. The van der Waals surface area contributed by atoms with Crippen molar-refractivity contribution >= 4 is 17.7 Å². The van der Waals surface area contributed by atoms with E-state index in [1.165, 1.54) is 31.0 Å². The van der Waals surface area contributed by atoms with E-state index in [0.717, 1.165) is 43.8 Å². The quantitative estimate of drug-likeness (QED) is 0.922. The van der Waals surface area contributed by atoms with Crippen LogP contribution in [0.4, 0.5) is 0 Å². The van der Waals surface area contributed by atoms with E-state index in [1.807, 2.05) is 4.68 Å². The lowest BCUT2D eigenvalue weighted by atomic mass is 9.96. The second-order valence-electron chi connectivity index (χ2n) is 5.59. The second-order valence-corrected chi connectivity index (χ2v) is 6.76. The van der Waals surface area contributed by atoms with E-state index in [9.17, 15) is 4.79 Å². The average Bonchev–Trinajstić information content (AvgIpc) is 2.85. The molecule has 1 aromatic rings. The summed E-state index contributed by atoms with van der Waals surface area (Å²) in [7, 11) is 0. The van der Waals surface area contributed by atoms with Crippen molar-refractivity contribution in [1.82, 2.24) is 25.5 Å². The van der Waals surface area contributed by atoms with Gasteiger partial charge in [0.2, 0.25) is 11.1 Å². The number of aromatic nitrogens is 4. The Balaban J connectivity index is 1.70. The Bertz CT molecular complexity index is 457. The highest BCUT2D eigenvalue weighted by Gasteiger charge is 2.26. The predicted octanol–water partition coefficient (Wildman–Crippen LogP) is 1.94. The van der Waals surface area contributed by atoms with E-state index in [4.69, 9.17) is 0 Å². The molecule has 2 aliphatic rings. The summed E-state index contributed by atoms with van der Waals surface area (Å²) in [6.07, 6.45) is 9.17. The van der Waals surface area contributed by atoms with E-state index in [-0.39, 0.29) is 11.2 Å². The van der Waals surface area contributed by atoms with E-state index in [1.54, 1.807) is 0 Å². The van der Waals surface area contributed by atoms with Crippen LogP contribution in [0.15, 0.2) is 5.16 Å². The SMILES string of the molecule is O=C1NCCCC[C@H]1Sc1nnnn1C1CCCCC1. The largest absolute Gasteiger partial charge is 0.355 e. The maximum Gasteiger partial charge on any atom is 0.233 e. The monoisotopic (exact) mass is 295 g/mol. The zero-order chi connectivity index (χ0) is 13.8. The Morgan fingerprint density at radius 1 is 1.10 bits per heavy atom. The number of tetrazole rings is 1. The summed E-state index contributed by atoms with van der Waals surface area (Å²) in [5, 5.41) is 15.8. The van der Waals surface area contributed by atoms with Gasteiger partial charge < -0.3 is 5.32 Å². The molecule has 1 atom stereocenters. The summed E-state index contributed by atoms with van der Waals surface area (Å²) >= 11 is 1.53. The number of nitrogens with one attached hydrogen (secondary N) is 1. The number of hydrogen-bond acceptors (Lipinski definition) is 5. The third-order valence-corrected chi connectivity index (χ3v) is 5.33. The zero-order valence-electron chi connectivity index (χ0n) is 11.6. The molecule has 20 heavy (non-hydrogen) atoms. The van der Waals surface area contributed by atoms with Gasteiger partial charge in [-0.25, -0.2) is 4.68 Å². The third kappa shape index (κ3) is 3.13. The molecule has 110 valence electrons. The number of hydrogen-bond donors (Lipinski definition) is 1. The lowest BCUT2D eigenvalue weighted by molar-refractivity contribution is -0.120. The molecule has 2 heterocycles. The molecule has 1 saturated carbocycles. The number of thioether (sulfide) groups is 1. The molecule has 0 radical (unpaired) electrons. The molecule has 6 nitrogen and oxygen atoms in total. The van der Waals surface area contributed by atoms with Gasteiger partial charge in [0.1, 0.15) is 0 Å². The normalized spacial score (nSPS) is 25.2. The molecule has 1 aliphatic carbocycles. The molecule has 1 amide bonds. The van der Waals surface area contributed by atoms with Crippen molar-refractivity contribution in [3.05, 3.63) is 0 Å². The van der Waals surface area contributed by atoms with Crippen LogP contribution in [0, 0.1) is 0 Å². The first-order valence-electron chi connectivity index (χ1n) is 7.57. The molecule has 7 heteroatoms. The van der Waals surface area contributed by atoms with Crippen molar-refractivity contribution in [2.45, 2.75) is 67.8 Å². The molecule has 2 fully saturated rings. The number of amides is 1. The highest BCUT2D eigenvalue weighted by molar-refractivity contribution is 8.00. The number of carbonyl (C=O) groups is 1. The van der Waals surface area contributed by atoms with Crippen molar-refractivity contribution in [3.63, 3.8) is 0 Å². The summed E-state index contributed by atoms with van der Waals surface area (Å²) in [5.74, 6) is 0.130. The summed E-state index contributed by atoms with van der Waals surface area (Å²) in [4.78, 5) is 12.0. The first-order chi connectivity index (χ1) is 9.84. The highest BCUT2D eigenvalue weighted by Crippen LogP contribution is 2.32. The van der Waals surface area contributed by atoms with Gasteiger partial charge in [0.25, 0.3) is 0 Å². The van der Waals surface area contributed by atoms with Crippen molar-refractivity contribution in [2.75, 3.05) is 6.54 Å². The predicted molar refractivity (Wildman–Crippen MR) is 76.4 cm³/mol. The molecule has 3 rings (SSSR count).